The Balaban J connectivity index is 2.12. The minimum absolute atomic E-state index is 0.0362. The Morgan fingerprint density at radius 2 is 1.86 bits per heavy atom. The average Bonchev–Trinajstić information content (AvgIpc) is 2.34. The summed E-state index contributed by atoms with van der Waals surface area (Å²) in [6.07, 6.45) is 6.56. The van der Waals surface area contributed by atoms with Crippen molar-refractivity contribution in [2.75, 3.05) is 12.4 Å². The molecule has 2 N–H and O–H groups in total. The van der Waals surface area contributed by atoms with Crippen LogP contribution in [0.2, 0.25) is 0 Å². The van der Waals surface area contributed by atoms with Crippen molar-refractivity contribution in [2.45, 2.75) is 53.0 Å². The molecule has 4 nitrogen and oxygen atoms in total. The maximum atomic E-state index is 12.5. The lowest BCUT2D eigenvalue weighted by molar-refractivity contribution is 0.0714. The Hall–Kier alpha value is -1.58. The van der Waals surface area contributed by atoms with Crippen molar-refractivity contribution in [3.63, 3.8) is 0 Å². The molecule has 0 spiro atoms. The minimum atomic E-state index is -0.0362. The Morgan fingerprint density at radius 3 is 2.43 bits per heavy atom. The Labute approximate surface area is 127 Å². The van der Waals surface area contributed by atoms with Crippen molar-refractivity contribution < 1.29 is 4.79 Å². The standard InChI is InChI=1S/C17H27N3O/c1-16(2)8-12(9-17(3,4)11-16)20-15(21)13-10-19-7-6-14(13)18-5/h6-7,10,12H,8-9,11H2,1-5H3,(H,18,19)(H,20,21). The molecule has 0 saturated heterocycles. The monoisotopic (exact) mass is 289 g/mol. The molecule has 21 heavy (non-hydrogen) atoms. The van der Waals surface area contributed by atoms with Gasteiger partial charge in [-0.2, -0.15) is 0 Å². The van der Waals surface area contributed by atoms with Crippen LogP contribution in [0.1, 0.15) is 57.3 Å². The lowest BCUT2D eigenvalue weighted by Gasteiger charge is -2.45. The van der Waals surface area contributed by atoms with E-state index in [0.717, 1.165) is 18.5 Å². The van der Waals surface area contributed by atoms with Gasteiger partial charge in [0.05, 0.1) is 5.56 Å². The molecular formula is C17H27N3O. The van der Waals surface area contributed by atoms with Crippen LogP contribution in [-0.2, 0) is 0 Å². The summed E-state index contributed by atoms with van der Waals surface area (Å²) in [6.45, 7) is 9.15. The van der Waals surface area contributed by atoms with E-state index in [2.05, 4.69) is 43.3 Å². The Kier molecular flexibility index (Phi) is 4.26. The van der Waals surface area contributed by atoms with Crippen molar-refractivity contribution in [1.29, 1.82) is 0 Å². The summed E-state index contributed by atoms with van der Waals surface area (Å²) >= 11 is 0. The largest absolute Gasteiger partial charge is 0.387 e. The number of nitrogens with zero attached hydrogens (tertiary/aromatic N) is 1. The van der Waals surface area contributed by atoms with Gasteiger partial charge in [0.1, 0.15) is 0 Å². The number of aromatic nitrogens is 1. The second-order valence-corrected chi connectivity index (χ2v) is 7.76. The van der Waals surface area contributed by atoms with E-state index in [4.69, 9.17) is 0 Å². The number of rotatable bonds is 3. The van der Waals surface area contributed by atoms with Crippen LogP contribution in [0, 0.1) is 10.8 Å². The second kappa shape index (κ2) is 5.66. The molecule has 2 rings (SSSR count). The van der Waals surface area contributed by atoms with Gasteiger partial charge in [0.15, 0.2) is 0 Å². The van der Waals surface area contributed by atoms with Crippen LogP contribution in [0.4, 0.5) is 5.69 Å². The van der Waals surface area contributed by atoms with E-state index in [-0.39, 0.29) is 22.8 Å². The molecule has 1 heterocycles. The van der Waals surface area contributed by atoms with E-state index in [9.17, 15) is 4.79 Å². The predicted octanol–water partition coefficient (Wildman–Crippen LogP) is 3.46. The zero-order valence-corrected chi connectivity index (χ0v) is 13.8. The summed E-state index contributed by atoms with van der Waals surface area (Å²) in [5.41, 5.74) is 1.96. The van der Waals surface area contributed by atoms with Gasteiger partial charge in [-0.3, -0.25) is 9.78 Å². The molecule has 0 aliphatic heterocycles. The number of anilines is 1. The summed E-state index contributed by atoms with van der Waals surface area (Å²) in [7, 11) is 1.82. The van der Waals surface area contributed by atoms with Gasteiger partial charge in [-0.05, 0) is 36.2 Å². The molecule has 0 atom stereocenters. The molecule has 0 radical (unpaired) electrons. The first-order valence-corrected chi connectivity index (χ1v) is 7.65. The van der Waals surface area contributed by atoms with E-state index in [0.29, 0.717) is 5.56 Å². The third-order valence-electron chi connectivity index (χ3n) is 4.23. The van der Waals surface area contributed by atoms with Crippen molar-refractivity contribution in [3.8, 4) is 0 Å². The van der Waals surface area contributed by atoms with Gasteiger partial charge < -0.3 is 10.6 Å². The number of hydrogen-bond acceptors (Lipinski definition) is 3. The predicted molar refractivity (Wildman–Crippen MR) is 86.5 cm³/mol. The zero-order valence-electron chi connectivity index (χ0n) is 13.8. The van der Waals surface area contributed by atoms with Crippen LogP contribution >= 0.6 is 0 Å². The van der Waals surface area contributed by atoms with Crippen molar-refractivity contribution in [1.82, 2.24) is 10.3 Å². The molecule has 0 bridgehead atoms. The molecule has 1 aromatic rings. The average molecular weight is 289 g/mol. The molecule has 0 aromatic carbocycles. The summed E-state index contributed by atoms with van der Waals surface area (Å²) in [5.74, 6) is -0.0362. The highest BCUT2D eigenvalue weighted by Gasteiger charge is 2.39. The van der Waals surface area contributed by atoms with Gasteiger partial charge in [0, 0.05) is 31.2 Å². The normalized spacial score (nSPS) is 20.8. The van der Waals surface area contributed by atoms with Gasteiger partial charge >= 0.3 is 0 Å². The number of hydrogen-bond donors (Lipinski definition) is 2. The van der Waals surface area contributed by atoms with Gasteiger partial charge in [-0.1, -0.05) is 27.7 Å². The SMILES string of the molecule is CNc1ccncc1C(=O)NC1CC(C)(C)CC(C)(C)C1. The molecular weight excluding hydrogens is 262 g/mol. The van der Waals surface area contributed by atoms with Crippen molar-refractivity contribution in [2.24, 2.45) is 10.8 Å². The van der Waals surface area contributed by atoms with Gasteiger partial charge in [0.25, 0.3) is 5.91 Å². The zero-order chi connectivity index (χ0) is 15.7. The first-order valence-electron chi connectivity index (χ1n) is 7.65. The molecule has 1 aliphatic carbocycles. The molecule has 1 amide bonds. The van der Waals surface area contributed by atoms with E-state index in [1.807, 2.05) is 13.1 Å². The van der Waals surface area contributed by atoms with Crippen LogP contribution < -0.4 is 10.6 Å². The molecule has 1 aromatic heterocycles. The third kappa shape index (κ3) is 3.96. The fourth-order valence-electron chi connectivity index (χ4n) is 4.00. The van der Waals surface area contributed by atoms with Gasteiger partial charge in [0.2, 0.25) is 0 Å². The van der Waals surface area contributed by atoms with E-state index in [1.54, 1.807) is 12.4 Å². The molecule has 1 aliphatic rings. The van der Waals surface area contributed by atoms with Crippen LogP contribution in [0.3, 0.4) is 0 Å². The molecule has 0 unspecified atom stereocenters. The highest BCUT2D eigenvalue weighted by Crippen LogP contribution is 2.45. The van der Waals surface area contributed by atoms with Crippen LogP contribution in [0.15, 0.2) is 18.5 Å². The molecule has 1 fully saturated rings. The summed E-state index contributed by atoms with van der Waals surface area (Å²) in [5, 5.41) is 6.25. The number of amides is 1. The number of carbonyl (C=O) groups is 1. The molecule has 4 heteroatoms. The molecule has 116 valence electrons. The lowest BCUT2D eigenvalue weighted by atomic mass is 9.63. The fourth-order valence-corrected chi connectivity index (χ4v) is 4.00. The van der Waals surface area contributed by atoms with Crippen molar-refractivity contribution >= 4 is 11.6 Å². The number of pyridine rings is 1. The summed E-state index contributed by atoms with van der Waals surface area (Å²) in [4.78, 5) is 16.6. The van der Waals surface area contributed by atoms with Crippen molar-refractivity contribution in [3.05, 3.63) is 24.0 Å². The maximum Gasteiger partial charge on any atom is 0.255 e. The van der Waals surface area contributed by atoms with Gasteiger partial charge in [-0.25, -0.2) is 0 Å². The summed E-state index contributed by atoms with van der Waals surface area (Å²) in [6, 6.07) is 2.05. The highest BCUT2D eigenvalue weighted by molar-refractivity contribution is 5.99. The van der Waals surface area contributed by atoms with Gasteiger partial charge in [-0.15, -0.1) is 0 Å². The Bertz CT molecular complexity index is 507. The number of carbonyl (C=O) groups excluding carboxylic acids is 1. The highest BCUT2D eigenvalue weighted by atomic mass is 16.1. The minimum Gasteiger partial charge on any atom is -0.387 e. The first-order chi connectivity index (χ1) is 9.72. The van der Waals surface area contributed by atoms with E-state index < -0.39 is 0 Å². The van der Waals surface area contributed by atoms with Crippen LogP contribution in [0.25, 0.3) is 0 Å². The number of nitrogens with one attached hydrogen (secondary N) is 2. The maximum absolute atomic E-state index is 12.5. The molecule has 1 saturated carbocycles. The van der Waals surface area contributed by atoms with Crippen LogP contribution in [-0.4, -0.2) is 24.0 Å². The lowest BCUT2D eigenvalue weighted by Crippen LogP contribution is -2.46. The summed E-state index contributed by atoms with van der Waals surface area (Å²) < 4.78 is 0. The topological polar surface area (TPSA) is 54.0 Å². The smallest absolute Gasteiger partial charge is 0.255 e. The quantitative estimate of drug-likeness (QED) is 0.896. The Morgan fingerprint density at radius 1 is 1.24 bits per heavy atom. The van der Waals surface area contributed by atoms with Crippen LogP contribution in [0.5, 0.6) is 0 Å². The van der Waals surface area contributed by atoms with E-state index in [1.165, 1.54) is 6.42 Å². The second-order valence-electron chi connectivity index (χ2n) is 7.76. The first kappa shape index (κ1) is 15.8. The third-order valence-corrected chi connectivity index (χ3v) is 4.23. The van der Waals surface area contributed by atoms with E-state index >= 15 is 0 Å². The fraction of sp³-hybridized carbons (Fsp3) is 0.647.